The van der Waals surface area contributed by atoms with Crippen LogP contribution in [0.3, 0.4) is 0 Å². The Morgan fingerprint density at radius 2 is 1.70 bits per heavy atom. The SMILES string of the molecule is COCCOCc1cccc(NCc2ccccc2)c1. The summed E-state index contributed by atoms with van der Waals surface area (Å²) in [5, 5.41) is 3.42. The van der Waals surface area contributed by atoms with Crippen LogP contribution in [-0.4, -0.2) is 20.3 Å². The summed E-state index contributed by atoms with van der Waals surface area (Å²) in [7, 11) is 1.68. The zero-order valence-corrected chi connectivity index (χ0v) is 11.8. The number of ether oxygens (including phenoxy) is 2. The Hall–Kier alpha value is -1.84. The maximum Gasteiger partial charge on any atom is 0.0718 e. The van der Waals surface area contributed by atoms with E-state index in [0.29, 0.717) is 19.8 Å². The van der Waals surface area contributed by atoms with E-state index in [4.69, 9.17) is 9.47 Å². The summed E-state index contributed by atoms with van der Waals surface area (Å²) in [6, 6.07) is 18.7. The molecule has 2 rings (SSSR count). The van der Waals surface area contributed by atoms with E-state index in [0.717, 1.165) is 12.2 Å². The van der Waals surface area contributed by atoms with E-state index in [2.05, 4.69) is 47.8 Å². The van der Waals surface area contributed by atoms with Crippen molar-refractivity contribution in [3.8, 4) is 0 Å². The van der Waals surface area contributed by atoms with Gasteiger partial charge in [-0.3, -0.25) is 0 Å². The Kier molecular flexibility index (Phi) is 6.08. The molecule has 0 atom stereocenters. The molecule has 0 saturated heterocycles. The molecular formula is C17H21NO2. The van der Waals surface area contributed by atoms with E-state index in [9.17, 15) is 0 Å². The Morgan fingerprint density at radius 1 is 0.900 bits per heavy atom. The Bertz CT molecular complexity index is 499. The lowest BCUT2D eigenvalue weighted by molar-refractivity contribution is 0.0617. The topological polar surface area (TPSA) is 30.5 Å². The summed E-state index contributed by atoms with van der Waals surface area (Å²) in [4.78, 5) is 0. The van der Waals surface area contributed by atoms with Crippen molar-refractivity contribution in [2.75, 3.05) is 25.6 Å². The number of hydrogen-bond donors (Lipinski definition) is 1. The highest BCUT2D eigenvalue weighted by Gasteiger charge is 1.97. The smallest absolute Gasteiger partial charge is 0.0718 e. The van der Waals surface area contributed by atoms with E-state index in [1.807, 2.05) is 12.1 Å². The monoisotopic (exact) mass is 271 g/mol. The molecule has 0 saturated carbocycles. The van der Waals surface area contributed by atoms with Crippen molar-refractivity contribution in [3.63, 3.8) is 0 Å². The third-order valence-electron chi connectivity index (χ3n) is 2.97. The van der Waals surface area contributed by atoms with Crippen molar-refractivity contribution < 1.29 is 9.47 Å². The van der Waals surface area contributed by atoms with Crippen LogP contribution in [0.5, 0.6) is 0 Å². The molecule has 0 bridgehead atoms. The van der Waals surface area contributed by atoms with Crippen LogP contribution in [0.25, 0.3) is 0 Å². The number of benzene rings is 2. The van der Waals surface area contributed by atoms with Gasteiger partial charge in [-0.25, -0.2) is 0 Å². The molecule has 0 amide bonds. The highest BCUT2D eigenvalue weighted by molar-refractivity contribution is 5.46. The van der Waals surface area contributed by atoms with Gasteiger partial charge in [0.1, 0.15) is 0 Å². The van der Waals surface area contributed by atoms with Gasteiger partial charge >= 0.3 is 0 Å². The van der Waals surface area contributed by atoms with Crippen LogP contribution in [-0.2, 0) is 22.6 Å². The predicted molar refractivity (Wildman–Crippen MR) is 81.7 cm³/mol. The fraction of sp³-hybridized carbons (Fsp3) is 0.294. The first kappa shape index (κ1) is 14.6. The van der Waals surface area contributed by atoms with Crippen LogP contribution in [0.2, 0.25) is 0 Å². The van der Waals surface area contributed by atoms with Gasteiger partial charge in [0.2, 0.25) is 0 Å². The van der Waals surface area contributed by atoms with Crippen molar-refractivity contribution in [1.82, 2.24) is 0 Å². The summed E-state index contributed by atoms with van der Waals surface area (Å²) < 4.78 is 10.5. The summed E-state index contributed by atoms with van der Waals surface area (Å²) in [5.41, 5.74) is 3.55. The molecule has 0 fully saturated rings. The quantitative estimate of drug-likeness (QED) is 0.746. The van der Waals surface area contributed by atoms with E-state index in [1.165, 1.54) is 11.1 Å². The molecule has 1 N–H and O–H groups in total. The molecule has 3 nitrogen and oxygen atoms in total. The number of hydrogen-bond acceptors (Lipinski definition) is 3. The molecule has 2 aromatic carbocycles. The average Bonchev–Trinajstić information content (AvgIpc) is 2.51. The molecule has 0 aliphatic rings. The minimum atomic E-state index is 0.615. The molecule has 0 radical (unpaired) electrons. The van der Waals surface area contributed by atoms with E-state index in [1.54, 1.807) is 7.11 Å². The highest BCUT2D eigenvalue weighted by Crippen LogP contribution is 2.13. The van der Waals surface area contributed by atoms with Gasteiger partial charge in [-0.1, -0.05) is 42.5 Å². The van der Waals surface area contributed by atoms with Crippen molar-refractivity contribution in [2.45, 2.75) is 13.2 Å². The van der Waals surface area contributed by atoms with Crippen LogP contribution in [0.4, 0.5) is 5.69 Å². The van der Waals surface area contributed by atoms with Gasteiger partial charge in [0.05, 0.1) is 19.8 Å². The van der Waals surface area contributed by atoms with Gasteiger partial charge in [0.15, 0.2) is 0 Å². The molecule has 2 aromatic rings. The summed E-state index contributed by atoms with van der Waals surface area (Å²) >= 11 is 0. The zero-order valence-electron chi connectivity index (χ0n) is 11.8. The molecule has 0 heterocycles. The van der Waals surface area contributed by atoms with Crippen LogP contribution < -0.4 is 5.32 Å². The number of rotatable bonds is 8. The predicted octanol–water partition coefficient (Wildman–Crippen LogP) is 3.46. The second kappa shape index (κ2) is 8.35. The Labute approximate surface area is 120 Å². The standard InChI is InChI=1S/C17H21NO2/c1-19-10-11-20-14-16-8-5-9-17(12-16)18-13-15-6-3-2-4-7-15/h2-9,12,18H,10-11,13-14H2,1H3. The molecule has 0 spiro atoms. The number of nitrogens with one attached hydrogen (secondary N) is 1. The Balaban J connectivity index is 1.83. The molecule has 0 aliphatic heterocycles. The molecule has 0 unspecified atom stereocenters. The third kappa shape index (κ3) is 5.03. The second-order valence-corrected chi connectivity index (χ2v) is 4.58. The van der Waals surface area contributed by atoms with Gasteiger partial charge in [0, 0.05) is 19.3 Å². The average molecular weight is 271 g/mol. The fourth-order valence-corrected chi connectivity index (χ4v) is 1.90. The van der Waals surface area contributed by atoms with E-state index >= 15 is 0 Å². The first-order chi connectivity index (χ1) is 9.88. The van der Waals surface area contributed by atoms with Gasteiger partial charge < -0.3 is 14.8 Å². The van der Waals surface area contributed by atoms with Crippen LogP contribution in [0.1, 0.15) is 11.1 Å². The molecule has 20 heavy (non-hydrogen) atoms. The largest absolute Gasteiger partial charge is 0.382 e. The first-order valence-corrected chi connectivity index (χ1v) is 6.82. The summed E-state index contributed by atoms with van der Waals surface area (Å²) in [6.45, 7) is 2.70. The summed E-state index contributed by atoms with van der Waals surface area (Å²) in [6.07, 6.45) is 0. The highest BCUT2D eigenvalue weighted by atomic mass is 16.5. The lowest BCUT2D eigenvalue weighted by Crippen LogP contribution is -2.03. The molecule has 3 heteroatoms. The first-order valence-electron chi connectivity index (χ1n) is 6.82. The summed E-state index contributed by atoms with van der Waals surface area (Å²) in [5.74, 6) is 0. The lowest BCUT2D eigenvalue weighted by atomic mass is 10.2. The zero-order chi connectivity index (χ0) is 14.0. The minimum absolute atomic E-state index is 0.615. The fourth-order valence-electron chi connectivity index (χ4n) is 1.90. The van der Waals surface area contributed by atoms with E-state index < -0.39 is 0 Å². The number of methoxy groups -OCH3 is 1. The molecule has 0 aromatic heterocycles. The van der Waals surface area contributed by atoms with Crippen molar-refractivity contribution in [2.24, 2.45) is 0 Å². The van der Waals surface area contributed by atoms with Crippen LogP contribution in [0, 0.1) is 0 Å². The van der Waals surface area contributed by atoms with Crippen molar-refractivity contribution >= 4 is 5.69 Å². The maximum absolute atomic E-state index is 5.53. The normalized spacial score (nSPS) is 10.4. The molecule has 0 aliphatic carbocycles. The van der Waals surface area contributed by atoms with Gasteiger partial charge in [0.25, 0.3) is 0 Å². The minimum Gasteiger partial charge on any atom is -0.382 e. The van der Waals surface area contributed by atoms with Crippen molar-refractivity contribution in [1.29, 1.82) is 0 Å². The Morgan fingerprint density at radius 3 is 2.50 bits per heavy atom. The van der Waals surface area contributed by atoms with Gasteiger partial charge in [-0.05, 0) is 23.3 Å². The third-order valence-corrected chi connectivity index (χ3v) is 2.97. The molecular weight excluding hydrogens is 250 g/mol. The van der Waals surface area contributed by atoms with Crippen molar-refractivity contribution in [3.05, 3.63) is 65.7 Å². The molecule has 106 valence electrons. The van der Waals surface area contributed by atoms with Gasteiger partial charge in [-0.2, -0.15) is 0 Å². The second-order valence-electron chi connectivity index (χ2n) is 4.58. The lowest BCUT2D eigenvalue weighted by Gasteiger charge is -2.09. The van der Waals surface area contributed by atoms with Gasteiger partial charge in [-0.15, -0.1) is 0 Å². The van der Waals surface area contributed by atoms with Crippen LogP contribution in [0.15, 0.2) is 54.6 Å². The number of anilines is 1. The van der Waals surface area contributed by atoms with Crippen LogP contribution >= 0.6 is 0 Å². The van der Waals surface area contributed by atoms with E-state index in [-0.39, 0.29) is 0 Å². The maximum atomic E-state index is 5.53.